The van der Waals surface area contributed by atoms with Gasteiger partial charge >= 0.3 is 0 Å². The summed E-state index contributed by atoms with van der Waals surface area (Å²) in [6, 6.07) is 14.3. The maximum Gasteiger partial charge on any atom is 0.266 e. The highest BCUT2D eigenvalue weighted by molar-refractivity contribution is 6.34. The van der Waals surface area contributed by atoms with Crippen molar-refractivity contribution in [2.24, 2.45) is 0 Å². The quantitative estimate of drug-likeness (QED) is 0.715. The van der Waals surface area contributed by atoms with Crippen molar-refractivity contribution in [2.45, 2.75) is 6.92 Å². The molecule has 1 aliphatic rings. The van der Waals surface area contributed by atoms with Crippen LogP contribution in [0.5, 0.6) is 0 Å². The van der Waals surface area contributed by atoms with E-state index in [2.05, 4.69) is 0 Å². The number of anilines is 1. The van der Waals surface area contributed by atoms with Crippen molar-refractivity contribution in [3.8, 4) is 0 Å². The number of rotatable bonds is 1. The van der Waals surface area contributed by atoms with Crippen LogP contribution >= 0.6 is 0 Å². The average molecular weight is 237 g/mol. The van der Waals surface area contributed by atoms with E-state index in [1.54, 1.807) is 24.3 Å². The molecular formula is C15H11NO2. The van der Waals surface area contributed by atoms with Crippen molar-refractivity contribution >= 4 is 17.5 Å². The highest BCUT2D eigenvalue weighted by Gasteiger charge is 2.37. The van der Waals surface area contributed by atoms with Gasteiger partial charge in [0.25, 0.3) is 11.8 Å². The molecule has 3 nitrogen and oxygen atoms in total. The predicted octanol–water partition coefficient (Wildman–Crippen LogP) is 2.80. The summed E-state index contributed by atoms with van der Waals surface area (Å²) in [4.78, 5) is 25.8. The van der Waals surface area contributed by atoms with E-state index in [1.807, 2.05) is 31.2 Å². The molecule has 0 bridgehead atoms. The Balaban J connectivity index is 2.17. The molecule has 0 N–H and O–H groups in total. The molecule has 2 amide bonds. The molecule has 2 aromatic rings. The second-order valence-corrected chi connectivity index (χ2v) is 4.28. The van der Waals surface area contributed by atoms with Crippen LogP contribution in [0, 0.1) is 6.92 Å². The molecule has 1 heterocycles. The van der Waals surface area contributed by atoms with Crippen molar-refractivity contribution in [1.29, 1.82) is 0 Å². The predicted molar refractivity (Wildman–Crippen MR) is 68.8 cm³/mol. The topological polar surface area (TPSA) is 37.4 Å². The van der Waals surface area contributed by atoms with Gasteiger partial charge in [-0.25, -0.2) is 4.90 Å². The smallest absolute Gasteiger partial charge is 0.266 e. The Labute approximate surface area is 105 Å². The number of aryl methyl sites for hydroxylation is 1. The van der Waals surface area contributed by atoms with E-state index >= 15 is 0 Å². The summed E-state index contributed by atoms with van der Waals surface area (Å²) < 4.78 is 0. The van der Waals surface area contributed by atoms with Crippen molar-refractivity contribution in [3.05, 3.63) is 65.2 Å². The lowest BCUT2D eigenvalue weighted by Gasteiger charge is -2.13. The number of nitrogens with zero attached hydrogens (tertiary/aromatic N) is 1. The summed E-state index contributed by atoms with van der Waals surface area (Å²) in [5.74, 6) is -0.482. The Morgan fingerprint density at radius 1 is 0.833 bits per heavy atom. The molecule has 0 radical (unpaired) electrons. The molecule has 0 atom stereocenters. The van der Waals surface area contributed by atoms with Crippen molar-refractivity contribution in [1.82, 2.24) is 0 Å². The SMILES string of the molecule is Cc1cccc2c1C(=O)N(c1ccccc1)C2=O. The molecule has 2 aromatic carbocycles. The Morgan fingerprint density at radius 2 is 1.56 bits per heavy atom. The molecule has 0 aliphatic carbocycles. The highest BCUT2D eigenvalue weighted by atomic mass is 16.2. The molecular weight excluding hydrogens is 226 g/mol. The number of carbonyl (C=O) groups is 2. The summed E-state index contributed by atoms with van der Waals surface area (Å²) in [6.45, 7) is 1.85. The number of hydrogen-bond donors (Lipinski definition) is 0. The lowest BCUT2D eigenvalue weighted by Crippen LogP contribution is -2.29. The van der Waals surface area contributed by atoms with Gasteiger partial charge in [-0.15, -0.1) is 0 Å². The maximum absolute atomic E-state index is 12.3. The van der Waals surface area contributed by atoms with E-state index in [0.29, 0.717) is 16.8 Å². The van der Waals surface area contributed by atoms with Crippen molar-refractivity contribution < 1.29 is 9.59 Å². The molecule has 0 saturated carbocycles. The zero-order valence-corrected chi connectivity index (χ0v) is 9.88. The van der Waals surface area contributed by atoms with Gasteiger partial charge in [-0.2, -0.15) is 0 Å². The molecule has 88 valence electrons. The van der Waals surface area contributed by atoms with Gasteiger partial charge in [-0.3, -0.25) is 9.59 Å². The van der Waals surface area contributed by atoms with Crippen LogP contribution in [0.1, 0.15) is 26.3 Å². The molecule has 0 unspecified atom stereocenters. The number of para-hydroxylation sites is 1. The Kier molecular flexibility index (Phi) is 2.27. The van der Waals surface area contributed by atoms with Crippen LogP contribution in [-0.2, 0) is 0 Å². The Morgan fingerprint density at radius 3 is 2.22 bits per heavy atom. The second kappa shape index (κ2) is 3.81. The van der Waals surface area contributed by atoms with Crippen LogP contribution in [0.25, 0.3) is 0 Å². The number of amides is 2. The van der Waals surface area contributed by atoms with Crippen LogP contribution in [-0.4, -0.2) is 11.8 Å². The van der Waals surface area contributed by atoms with Crippen LogP contribution < -0.4 is 4.90 Å². The average Bonchev–Trinajstić information content (AvgIpc) is 2.64. The number of imide groups is 1. The third kappa shape index (κ3) is 1.37. The molecule has 18 heavy (non-hydrogen) atoms. The van der Waals surface area contributed by atoms with Crippen molar-refractivity contribution in [3.63, 3.8) is 0 Å². The summed E-state index contributed by atoms with van der Waals surface area (Å²) in [6.07, 6.45) is 0. The lowest BCUT2D eigenvalue weighted by atomic mass is 10.0. The Bertz CT molecular complexity index is 647. The zero-order valence-electron chi connectivity index (χ0n) is 9.88. The molecule has 0 aromatic heterocycles. The third-order valence-corrected chi connectivity index (χ3v) is 3.14. The molecule has 0 fully saturated rings. The minimum Gasteiger partial charge on any atom is -0.268 e. The van der Waals surface area contributed by atoms with Gasteiger partial charge in [0, 0.05) is 0 Å². The van der Waals surface area contributed by atoms with Crippen LogP contribution in [0.15, 0.2) is 48.5 Å². The van der Waals surface area contributed by atoms with Gasteiger partial charge < -0.3 is 0 Å². The van der Waals surface area contributed by atoms with E-state index in [-0.39, 0.29) is 11.8 Å². The van der Waals surface area contributed by atoms with Crippen LogP contribution in [0.3, 0.4) is 0 Å². The second-order valence-electron chi connectivity index (χ2n) is 4.28. The van der Waals surface area contributed by atoms with Gasteiger partial charge in [-0.05, 0) is 30.7 Å². The normalized spacial score (nSPS) is 13.9. The zero-order chi connectivity index (χ0) is 12.7. The minimum atomic E-state index is -0.245. The van der Waals surface area contributed by atoms with Crippen LogP contribution in [0.2, 0.25) is 0 Å². The summed E-state index contributed by atoms with van der Waals surface area (Å²) >= 11 is 0. The highest BCUT2D eigenvalue weighted by Crippen LogP contribution is 2.29. The first kappa shape index (κ1) is 10.7. The first-order valence-electron chi connectivity index (χ1n) is 5.73. The van der Waals surface area contributed by atoms with Crippen LogP contribution in [0.4, 0.5) is 5.69 Å². The fraction of sp³-hybridized carbons (Fsp3) is 0.0667. The van der Waals surface area contributed by atoms with Gasteiger partial charge in [0.15, 0.2) is 0 Å². The van der Waals surface area contributed by atoms with Gasteiger partial charge in [0.2, 0.25) is 0 Å². The number of fused-ring (bicyclic) bond motifs is 1. The van der Waals surface area contributed by atoms with E-state index in [4.69, 9.17) is 0 Å². The molecule has 0 saturated heterocycles. The van der Waals surface area contributed by atoms with E-state index in [1.165, 1.54) is 4.90 Å². The summed E-state index contributed by atoms with van der Waals surface area (Å²) in [5.41, 5.74) is 2.46. The molecule has 3 rings (SSSR count). The maximum atomic E-state index is 12.3. The van der Waals surface area contributed by atoms with Gasteiger partial charge in [0.1, 0.15) is 0 Å². The van der Waals surface area contributed by atoms with E-state index in [0.717, 1.165) is 5.56 Å². The van der Waals surface area contributed by atoms with Crippen molar-refractivity contribution in [2.75, 3.05) is 4.90 Å². The first-order valence-corrected chi connectivity index (χ1v) is 5.73. The van der Waals surface area contributed by atoms with Gasteiger partial charge in [0.05, 0.1) is 16.8 Å². The fourth-order valence-corrected chi connectivity index (χ4v) is 2.27. The molecule has 3 heteroatoms. The van der Waals surface area contributed by atoms with E-state index < -0.39 is 0 Å². The molecule has 0 spiro atoms. The first-order chi connectivity index (χ1) is 8.70. The Hall–Kier alpha value is -2.42. The third-order valence-electron chi connectivity index (χ3n) is 3.14. The number of carbonyl (C=O) groups excluding carboxylic acids is 2. The van der Waals surface area contributed by atoms with Gasteiger partial charge in [-0.1, -0.05) is 30.3 Å². The number of hydrogen-bond acceptors (Lipinski definition) is 2. The largest absolute Gasteiger partial charge is 0.268 e. The monoisotopic (exact) mass is 237 g/mol. The lowest BCUT2D eigenvalue weighted by molar-refractivity contribution is 0.0926. The fourth-order valence-electron chi connectivity index (χ4n) is 2.27. The minimum absolute atomic E-state index is 0.237. The van der Waals surface area contributed by atoms with E-state index in [9.17, 15) is 9.59 Å². The summed E-state index contributed by atoms with van der Waals surface area (Å²) in [5, 5.41) is 0. The summed E-state index contributed by atoms with van der Waals surface area (Å²) in [7, 11) is 0. The standard InChI is InChI=1S/C15H11NO2/c1-10-6-5-9-12-13(10)15(18)16(14(12)17)11-7-3-2-4-8-11/h2-9H,1H3. The molecule has 1 aliphatic heterocycles. The number of benzene rings is 2.